The van der Waals surface area contributed by atoms with E-state index in [1.807, 2.05) is 0 Å². The molecule has 0 saturated carbocycles. The van der Waals surface area contributed by atoms with Crippen LogP contribution in [0.1, 0.15) is 19.3 Å². The molecule has 1 heterocycles. The molecule has 0 bridgehead atoms. The van der Waals surface area contributed by atoms with Gasteiger partial charge in [0.25, 0.3) is 0 Å². The summed E-state index contributed by atoms with van der Waals surface area (Å²) in [7, 11) is 1.38. The average molecular weight is 187 g/mol. The number of carbonyl (C=O) groups excluding carboxylic acids is 1. The Morgan fingerprint density at radius 1 is 1.54 bits per heavy atom. The van der Waals surface area contributed by atoms with E-state index in [4.69, 9.17) is 0 Å². The van der Waals surface area contributed by atoms with Gasteiger partial charge in [0.15, 0.2) is 0 Å². The lowest BCUT2D eigenvalue weighted by Crippen LogP contribution is -2.23. The van der Waals surface area contributed by atoms with E-state index in [2.05, 4.69) is 10.1 Å². The first kappa shape index (κ1) is 10.5. The molecule has 0 aromatic heterocycles. The molecule has 0 spiro atoms. The Labute approximate surface area is 78.3 Å². The molecule has 13 heavy (non-hydrogen) atoms. The van der Waals surface area contributed by atoms with Crippen molar-refractivity contribution in [3.63, 3.8) is 0 Å². The molecule has 2 unspecified atom stereocenters. The molecule has 0 amide bonds. The topological polar surface area (TPSA) is 58.6 Å². The molecule has 1 aliphatic heterocycles. The highest BCUT2D eigenvalue weighted by molar-refractivity contribution is 5.69. The van der Waals surface area contributed by atoms with Crippen molar-refractivity contribution in [2.45, 2.75) is 25.4 Å². The van der Waals surface area contributed by atoms with Gasteiger partial charge in [0.1, 0.15) is 0 Å². The Balaban J connectivity index is 2.40. The van der Waals surface area contributed by atoms with Gasteiger partial charge in [0, 0.05) is 0 Å². The van der Waals surface area contributed by atoms with Gasteiger partial charge in [0.05, 0.1) is 19.6 Å². The van der Waals surface area contributed by atoms with Crippen LogP contribution >= 0.6 is 0 Å². The largest absolute Gasteiger partial charge is 0.469 e. The monoisotopic (exact) mass is 187 g/mol. The van der Waals surface area contributed by atoms with Crippen LogP contribution in [0.2, 0.25) is 0 Å². The molecule has 0 radical (unpaired) electrons. The van der Waals surface area contributed by atoms with Crippen molar-refractivity contribution < 1.29 is 14.6 Å². The number of aliphatic hydroxyl groups excluding tert-OH is 1. The van der Waals surface area contributed by atoms with Gasteiger partial charge in [-0.3, -0.25) is 4.79 Å². The zero-order valence-corrected chi connectivity index (χ0v) is 7.95. The van der Waals surface area contributed by atoms with Gasteiger partial charge in [-0.2, -0.15) is 0 Å². The van der Waals surface area contributed by atoms with Crippen LogP contribution in [-0.2, 0) is 9.53 Å². The van der Waals surface area contributed by atoms with E-state index in [-0.39, 0.29) is 18.0 Å². The number of rotatable bonds is 2. The van der Waals surface area contributed by atoms with Crippen molar-refractivity contribution >= 4 is 5.97 Å². The molecule has 1 saturated heterocycles. The maximum Gasteiger partial charge on any atom is 0.305 e. The smallest absolute Gasteiger partial charge is 0.305 e. The minimum absolute atomic E-state index is 0.0578. The second-order valence-corrected chi connectivity index (χ2v) is 3.44. The molecular weight excluding hydrogens is 170 g/mol. The van der Waals surface area contributed by atoms with Gasteiger partial charge < -0.3 is 15.2 Å². The summed E-state index contributed by atoms with van der Waals surface area (Å²) < 4.78 is 4.57. The van der Waals surface area contributed by atoms with Gasteiger partial charge in [0.2, 0.25) is 0 Å². The molecule has 1 aliphatic rings. The maximum atomic E-state index is 11.0. The Kier molecular flexibility index (Phi) is 4.18. The Morgan fingerprint density at radius 3 is 2.92 bits per heavy atom. The summed E-state index contributed by atoms with van der Waals surface area (Å²) in [5.74, 6) is -0.173. The van der Waals surface area contributed by atoms with E-state index < -0.39 is 0 Å². The standard InChI is InChI=1S/C9H17NO3/c1-13-9(12)6-7-2-4-10-5-3-8(7)11/h7-8,10-11H,2-6H2,1H3. The first-order chi connectivity index (χ1) is 6.24. The average Bonchev–Trinajstić information content (AvgIpc) is 2.32. The van der Waals surface area contributed by atoms with Gasteiger partial charge in [-0.25, -0.2) is 0 Å². The van der Waals surface area contributed by atoms with Crippen molar-refractivity contribution in [3.05, 3.63) is 0 Å². The molecule has 2 atom stereocenters. The summed E-state index contributed by atoms with van der Waals surface area (Å²) in [5.41, 5.74) is 0. The van der Waals surface area contributed by atoms with Crippen LogP contribution in [-0.4, -0.2) is 37.4 Å². The van der Waals surface area contributed by atoms with E-state index in [0.717, 1.165) is 25.9 Å². The first-order valence-electron chi connectivity index (χ1n) is 4.69. The van der Waals surface area contributed by atoms with Crippen LogP contribution in [0.25, 0.3) is 0 Å². The molecule has 4 heteroatoms. The number of hydrogen-bond acceptors (Lipinski definition) is 4. The van der Waals surface area contributed by atoms with E-state index >= 15 is 0 Å². The number of carbonyl (C=O) groups is 1. The molecular formula is C9H17NO3. The highest BCUT2D eigenvalue weighted by Crippen LogP contribution is 2.18. The fraction of sp³-hybridized carbons (Fsp3) is 0.889. The summed E-state index contributed by atoms with van der Waals surface area (Å²) in [4.78, 5) is 11.0. The van der Waals surface area contributed by atoms with Crippen LogP contribution in [0.3, 0.4) is 0 Å². The van der Waals surface area contributed by atoms with Crippen molar-refractivity contribution in [1.29, 1.82) is 0 Å². The number of methoxy groups -OCH3 is 1. The number of hydrogen-bond donors (Lipinski definition) is 2. The SMILES string of the molecule is COC(=O)CC1CCNCCC1O. The van der Waals surface area contributed by atoms with Crippen molar-refractivity contribution in [1.82, 2.24) is 5.32 Å². The zero-order chi connectivity index (χ0) is 9.68. The second-order valence-electron chi connectivity index (χ2n) is 3.44. The third kappa shape index (κ3) is 3.32. The highest BCUT2D eigenvalue weighted by atomic mass is 16.5. The molecule has 1 rings (SSSR count). The second kappa shape index (κ2) is 5.19. The number of aliphatic hydroxyl groups is 1. The van der Waals surface area contributed by atoms with Crippen LogP contribution in [0, 0.1) is 5.92 Å². The highest BCUT2D eigenvalue weighted by Gasteiger charge is 2.23. The Bertz CT molecular complexity index is 172. The van der Waals surface area contributed by atoms with E-state index in [1.54, 1.807) is 0 Å². The third-order valence-electron chi connectivity index (χ3n) is 2.51. The number of nitrogens with one attached hydrogen (secondary N) is 1. The number of ether oxygens (including phenoxy) is 1. The summed E-state index contributed by atoms with van der Waals surface area (Å²) in [6.45, 7) is 1.71. The van der Waals surface area contributed by atoms with Crippen LogP contribution in [0.4, 0.5) is 0 Å². The molecule has 0 aliphatic carbocycles. The fourth-order valence-electron chi connectivity index (χ4n) is 1.63. The summed E-state index contributed by atoms with van der Waals surface area (Å²) in [5, 5.41) is 12.8. The number of esters is 1. The molecule has 0 aromatic rings. The van der Waals surface area contributed by atoms with Crippen LogP contribution < -0.4 is 5.32 Å². The predicted octanol–water partition coefficient (Wildman–Crippen LogP) is -0.0900. The quantitative estimate of drug-likeness (QED) is 0.593. The minimum atomic E-state index is -0.367. The first-order valence-corrected chi connectivity index (χ1v) is 4.69. The van der Waals surface area contributed by atoms with Gasteiger partial charge >= 0.3 is 5.97 Å². The summed E-state index contributed by atoms with van der Waals surface area (Å²) in [6.07, 6.45) is 1.53. The van der Waals surface area contributed by atoms with Crippen molar-refractivity contribution in [2.24, 2.45) is 5.92 Å². The van der Waals surface area contributed by atoms with E-state index in [1.165, 1.54) is 7.11 Å². The molecule has 4 nitrogen and oxygen atoms in total. The van der Waals surface area contributed by atoms with Gasteiger partial charge in [-0.1, -0.05) is 0 Å². The fourth-order valence-corrected chi connectivity index (χ4v) is 1.63. The van der Waals surface area contributed by atoms with Crippen molar-refractivity contribution in [3.8, 4) is 0 Å². The van der Waals surface area contributed by atoms with Gasteiger partial charge in [-0.05, 0) is 31.8 Å². The lowest BCUT2D eigenvalue weighted by Gasteiger charge is -2.17. The molecule has 1 fully saturated rings. The van der Waals surface area contributed by atoms with E-state index in [9.17, 15) is 9.90 Å². The Hall–Kier alpha value is -0.610. The zero-order valence-electron chi connectivity index (χ0n) is 7.95. The Morgan fingerprint density at radius 2 is 2.23 bits per heavy atom. The summed E-state index contributed by atoms with van der Waals surface area (Å²) >= 11 is 0. The molecule has 0 aromatic carbocycles. The minimum Gasteiger partial charge on any atom is -0.469 e. The van der Waals surface area contributed by atoms with E-state index in [0.29, 0.717) is 6.42 Å². The van der Waals surface area contributed by atoms with Crippen LogP contribution in [0.5, 0.6) is 0 Å². The normalized spacial score (nSPS) is 29.4. The van der Waals surface area contributed by atoms with Crippen LogP contribution in [0.15, 0.2) is 0 Å². The maximum absolute atomic E-state index is 11.0. The molecule has 76 valence electrons. The lowest BCUT2D eigenvalue weighted by molar-refractivity contribution is -0.142. The summed E-state index contributed by atoms with van der Waals surface area (Å²) in [6, 6.07) is 0. The third-order valence-corrected chi connectivity index (χ3v) is 2.51. The van der Waals surface area contributed by atoms with Crippen molar-refractivity contribution in [2.75, 3.05) is 20.2 Å². The lowest BCUT2D eigenvalue weighted by atomic mass is 9.94. The predicted molar refractivity (Wildman–Crippen MR) is 48.2 cm³/mol. The van der Waals surface area contributed by atoms with Gasteiger partial charge in [-0.15, -0.1) is 0 Å². The molecule has 2 N–H and O–H groups in total.